The fourth-order valence-electron chi connectivity index (χ4n) is 1.67. The maximum atomic E-state index is 12.4. The summed E-state index contributed by atoms with van der Waals surface area (Å²) in [6.45, 7) is 4.22. The van der Waals surface area contributed by atoms with Crippen LogP contribution in [0.5, 0.6) is 0 Å². The van der Waals surface area contributed by atoms with Crippen LogP contribution in [0.25, 0.3) is 0 Å². The van der Waals surface area contributed by atoms with Crippen molar-refractivity contribution >= 4 is 5.91 Å². The molecule has 1 amide bonds. The molecule has 1 aromatic carbocycles. The first-order valence-electron chi connectivity index (χ1n) is 6.10. The number of benzene rings is 1. The Labute approximate surface area is 111 Å². The quantitative estimate of drug-likeness (QED) is 0.819. The Kier molecular flexibility index (Phi) is 4.97. The topological polar surface area (TPSA) is 20.3 Å². The summed E-state index contributed by atoms with van der Waals surface area (Å²) in [7, 11) is 1.66. The van der Waals surface area contributed by atoms with E-state index >= 15 is 0 Å². The Morgan fingerprint density at radius 1 is 1.21 bits per heavy atom. The minimum atomic E-state index is -4.32. The van der Waals surface area contributed by atoms with E-state index in [1.165, 1.54) is 17.0 Å². The third-order valence-electron chi connectivity index (χ3n) is 2.71. The zero-order valence-electron chi connectivity index (χ0n) is 11.3. The molecule has 0 fully saturated rings. The number of alkyl halides is 3. The summed E-state index contributed by atoms with van der Waals surface area (Å²) in [5, 5.41) is 0. The van der Waals surface area contributed by atoms with Gasteiger partial charge in [0.1, 0.15) is 0 Å². The highest BCUT2D eigenvalue weighted by atomic mass is 19.4. The zero-order valence-corrected chi connectivity index (χ0v) is 11.3. The smallest absolute Gasteiger partial charge is 0.341 e. The highest BCUT2D eigenvalue weighted by Crippen LogP contribution is 2.29. The SMILES string of the molecule is CC(C)CC(=O)N(C)Cc1ccc(C(F)(F)F)cc1. The standard InChI is InChI=1S/C14H18F3NO/c1-10(2)8-13(19)18(3)9-11-4-6-12(7-5-11)14(15,16)17/h4-7,10H,8-9H2,1-3H3. The molecule has 0 aliphatic heterocycles. The van der Waals surface area contributed by atoms with Gasteiger partial charge in [0.05, 0.1) is 5.56 Å². The molecule has 0 unspecified atom stereocenters. The highest BCUT2D eigenvalue weighted by Gasteiger charge is 2.29. The van der Waals surface area contributed by atoms with E-state index in [9.17, 15) is 18.0 Å². The number of rotatable bonds is 4. The van der Waals surface area contributed by atoms with Crippen LogP contribution in [0.15, 0.2) is 24.3 Å². The maximum Gasteiger partial charge on any atom is 0.416 e. The second kappa shape index (κ2) is 6.08. The van der Waals surface area contributed by atoms with Crippen molar-refractivity contribution in [2.45, 2.75) is 33.0 Å². The number of halogens is 3. The lowest BCUT2D eigenvalue weighted by Crippen LogP contribution is -2.27. The summed E-state index contributed by atoms with van der Waals surface area (Å²) in [6, 6.07) is 4.89. The monoisotopic (exact) mass is 273 g/mol. The van der Waals surface area contributed by atoms with Gasteiger partial charge in [0.25, 0.3) is 0 Å². The van der Waals surface area contributed by atoms with Crippen LogP contribution in [0, 0.1) is 5.92 Å². The van der Waals surface area contributed by atoms with Crippen molar-refractivity contribution < 1.29 is 18.0 Å². The van der Waals surface area contributed by atoms with Crippen LogP contribution >= 0.6 is 0 Å². The van der Waals surface area contributed by atoms with E-state index in [0.717, 1.165) is 12.1 Å². The van der Waals surface area contributed by atoms with E-state index in [4.69, 9.17) is 0 Å². The van der Waals surface area contributed by atoms with Crippen molar-refractivity contribution in [3.05, 3.63) is 35.4 Å². The summed E-state index contributed by atoms with van der Waals surface area (Å²) in [5.41, 5.74) is 0.0139. The first kappa shape index (κ1) is 15.5. The van der Waals surface area contributed by atoms with Crippen LogP contribution < -0.4 is 0 Å². The Bertz CT molecular complexity index is 423. The fourth-order valence-corrected chi connectivity index (χ4v) is 1.67. The highest BCUT2D eigenvalue weighted by molar-refractivity contribution is 5.76. The molecule has 0 radical (unpaired) electrons. The fraction of sp³-hybridized carbons (Fsp3) is 0.500. The number of hydrogen-bond donors (Lipinski definition) is 0. The summed E-state index contributed by atoms with van der Waals surface area (Å²) in [5.74, 6) is 0.262. The van der Waals surface area contributed by atoms with Crippen LogP contribution in [-0.2, 0) is 17.5 Å². The number of hydrogen-bond acceptors (Lipinski definition) is 1. The van der Waals surface area contributed by atoms with Gasteiger partial charge in [-0.2, -0.15) is 13.2 Å². The molecule has 0 atom stereocenters. The maximum absolute atomic E-state index is 12.4. The first-order chi connectivity index (χ1) is 8.70. The molecular weight excluding hydrogens is 255 g/mol. The van der Waals surface area contributed by atoms with Crippen molar-refractivity contribution in [1.82, 2.24) is 4.90 Å². The number of carbonyl (C=O) groups is 1. The molecule has 0 saturated carbocycles. The van der Waals surface area contributed by atoms with Crippen LogP contribution in [0.1, 0.15) is 31.4 Å². The largest absolute Gasteiger partial charge is 0.416 e. The average Bonchev–Trinajstić information content (AvgIpc) is 2.27. The van der Waals surface area contributed by atoms with Gasteiger partial charge in [-0.05, 0) is 23.6 Å². The number of amides is 1. The predicted molar refractivity (Wildman–Crippen MR) is 67.4 cm³/mol. The first-order valence-corrected chi connectivity index (χ1v) is 6.10. The Balaban J connectivity index is 2.65. The molecule has 1 aromatic rings. The number of carbonyl (C=O) groups excluding carboxylic acids is 1. The third kappa shape index (κ3) is 4.93. The second-order valence-corrected chi connectivity index (χ2v) is 5.04. The zero-order chi connectivity index (χ0) is 14.6. The summed E-state index contributed by atoms with van der Waals surface area (Å²) >= 11 is 0. The van der Waals surface area contributed by atoms with Gasteiger partial charge >= 0.3 is 6.18 Å². The summed E-state index contributed by atoms with van der Waals surface area (Å²) in [4.78, 5) is 13.3. The van der Waals surface area contributed by atoms with E-state index in [2.05, 4.69) is 0 Å². The Morgan fingerprint density at radius 2 is 1.74 bits per heavy atom. The number of nitrogens with zero attached hydrogens (tertiary/aromatic N) is 1. The Hall–Kier alpha value is -1.52. The van der Waals surface area contributed by atoms with Crippen molar-refractivity contribution in [2.24, 2.45) is 5.92 Å². The lowest BCUT2D eigenvalue weighted by Gasteiger charge is -2.18. The van der Waals surface area contributed by atoms with Crippen molar-refractivity contribution in [3.8, 4) is 0 Å². The summed E-state index contributed by atoms with van der Waals surface area (Å²) < 4.78 is 37.2. The van der Waals surface area contributed by atoms with Crippen LogP contribution in [-0.4, -0.2) is 17.9 Å². The molecule has 19 heavy (non-hydrogen) atoms. The van der Waals surface area contributed by atoms with Gasteiger partial charge in [-0.25, -0.2) is 0 Å². The molecule has 0 heterocycles. The van der Waals surface area contributed by atoms with Gasteiger partial charge in [0.15, 0.2) is 0 Å². The van der Waals surface area contributed by atoms with Crippen molar-refractivity contribution in [1.29, 1.82) is 0 Å². The normalized spacial score (nSPS) is 11.7. The lowest BCUT2D eigenvalue weighted by molar-refractivity contribution is -0.137. The molecule has 106 valence electrons. The van der Waals surface area contributed by atoms with E-state index in [0.29, 0.717) is 18.5 Å². The molecule has 0 bridgehead atoms. The lowest BCUT2D eigenvalue weighted by atomic mass is 10.1. The molecule has 5 heteroatoms. The van der Waals surface area contributed by atoms with Gasteiger partial charge < -0.3 is 4.90 Å². The molecule has 0 N–H and O–H groups in total. The second-order valence-electron chi connectivity index (χ2n) is 5.04. The van der Waals surface area contributed by atoms with Gasteiger partial charge in [-0.15, -0.1) is 0 Å². The van der Waals surface area contributed by atoms with E-state index < -0.39 is 11.7 Å². The molecule has 0 saturated heterocycles. The average molecular weight is 273 g/mol. The van der Waals surface area contributed by atoms with Crippen molar-refractivity contribution in [3.63, 3.8) is 0 Å². The molecule has 0 aromatic heterocycles. The minimum absolute atomic E-state index is 0.00472. The van der Waals surface area contributed by atoms with Gasteiger partial charge in [-0.3, -0.25) is 4.79 Å². The third-order valence-corrected chi connectivity index (χ3v) is 2.71. The van der Waals surface area contributed by atoms with Gasteiger partial charge in [0.2, 0.25) is 5.91 Å². The molecular formula is C14H18F3NO. The molecule has 2 nitrogen and oxygen atoms in total. The van der Waals surface area contributed by atoms with Crippen molar-refractivity contribution in [2.75, 3.05) is 7.05 Å². The predicted octanol–water partition coefficient (Wildman–Crippen LogP) is 3.71. The van der Waals surface area contributed by atoms with Crippen LogP contribution in [0.3, 0.4) is 0 Å². The molecule has 0 spiro atoms. The molecule has 0 aliphatic rings. The Morgan fingerprint density at radius 3 is 2.16 bits per heavy atom. The van der Waals surface area contributed by atoms with Gasteiger partial charge in [-0.1, -0.05) is 26.0 Å². The summed E-state index contributed by atoms with van der Waals surface area (Å²) in [6.07, 6.45) is -3.88. The molecule has 1 rings (SSSR count). The van der Waals surface area contributed by atoms with E-state index in [-0.39, 0.29) is 11.8 Å². The van der Waals surface area contributed by atoms with Gasteiger partial charge in [0, 0.05) is 20.0 Å². The van der Waals surface area contributed by atoms with E-state index in [1.54, 1.807) is 7.05 Å². The van der Waals surface area contributed by atoms with E-state index in [1.807, 2.05) is 13.8 Å². The molecule has 0 aliphatic carbocycles. The van der Waals surface area contributed by atoms with Crippen LogP contribution in [0.2, 0.25) is 0 Å². The van der Waals surface area contributed by atoms with Crippen LogP contribution in [0.4, 0.5) is 13.2 Å². The minimum Gasteiger partial charge on any atom is -0.341 e.